The Labute approximate surface area is 226 Å². The molecular weight excluding hydrogens is 571 g/mol. The minimum atomic E-state index is -2.68. The summed E-state index contributed by atoms with van der Waals surface area (Å²) in [6, 6.07) is 11.0. The van der Waals surface area contributed by atoms with Gasteiger partial charge in [-0.25, -0.2) is 0 Å². The molecule has 0 bridgehead atoms. The SMILES string of the molecule is CCC[CH2][Sn]([CH2]CCC)([CH2]CCC)[c]1cc(C)c(C)cc1-c1nnc(-c2ccc(OC)c(OC)c2)s1. The molecule has 0 amide bonds. The summed E-state index contributed by atoms with van der Waals surface area (Å²) in [7, 11) is 3.33. The van der Waals surface area contributed by atoms with E-state index in [1.54, 1.807) is 29.1 Å². The second kappa shape index (κ2) is 13.8. The molecule has 2 aromatic carbocycles. The maximum atomic E-state index is 5.53. The van der Waals surface area contributed by atoms with Crippen molar-refractivity contribution in [1.29, 1.82) is 0 Å². The number of unbranched alkanes of at least 4 members (excludes halogenated alkanes) is 3. The molecule has 0 aliphatic carbocycles. The van der Waals surface area contributed by atoms with Gasteiger partial charge in [0, 0.05) is 0 Å². The molecule has 0 N–H and O–H groups in total. The summed E-state index contributed by atoms with van der Waals surface area (Å²) in [5.41, 5.74) is 5.14. The molecule has 0 aliphatic rings. The van der Waals surface area contributed by atoms with Gasteiger partial charge in [-0.3, -0.25) is 0 Å². The van der Waals surface area contributed by atoms with Gasteiger partial charge in [-0.05, 0) is 0 Å². The Balaban J connectivity index is 2.14. The zero-order chi connectivity index (χ0) is 26.1. The minimum absolute atomic E-state index is 0.715. The molecule has 1 heterocycles. The second-order valence-electron chi connectivity index (χ2n) is 10.1. The monoisotopic (exact) mass is 616 g/mol. The van der Waals surface area contributed by atoms with E-state index >= 15 is 0 Å². The van der Waals surface area contributed by atoms with E-state index in [2.05, 4.69) is 51.9 Å². The van der Waals surface area contributed by atoms with E-state index in [-0.39, 0.29) is 0 Å². The van der Waals surface area contributed by atoms with Crippen molar-refractivity contribution < 1.29 is 9.47 Å². The van der Waals surface area contributed by atoms with Gasteiger partial charge >= 0.3 is 228 Å². The van der Waals surface area contributed by atoms with Gasteiger partial charge in [-0.15, -0.1) is 0 Å². The fourth-order valence-electron chi connectivity index (χ4n) is 5.17. The number of hydrogen-bond acceptors (Lipinski definition) is 5. The summed E-state index contributed by atoms with van der Waals surface area (Å²) >= 11 is -0.979. The molecule has 0 saturated carbocycles. The first kappa shape index (κ1) is 29.0. The molecule has 0 fully saturated rings. The van der Waals surface area contributed by atoms with Crippen LogP contribution in [0.4, 0.5) is 0 Å². The molecule has 0 spiro atoms. The average Bonchev–Trinajstić information content (AvgIpc) is 3.39. The topological polar surface area (TPSA) is 44.2 Å². The summed E-state index contributed by atoms with van der Waals surface area (Å²) in [5, 5.41) is 11.4. The van der Waals surface area contributed by atoms with Crippen LogP contribution in [0.15, 0.2) is 30.3 Å². The predicted molar refractivity (Wildman–Crippen MR) is 158 cm³/mol. The van der Waals surface area contributed by atoms with Crippen LogP contribution in [0.3, 0.4) is 0 Å². The molecule has 0 atom stereocenters. The fraction of sp³-hybridized carbons (Fsp3) is 0.533. The number of methoxy groups -OCH3 is 2. The Bertz CT molecular complexity index is 1110. The van der Waals surface area contributed by atoms with Crippen LogP contribution in [0, 0.1) is 13.8 Å². The Kier molecular flexibility index (Phi) is 11.1. The normalized spacial score (nSPS) is 11.6. The van der Waals surface area contributed by atoms with Crippen LogP contribution in [0.1, 0.15) is 70.4 Å². The second-order valence-corrected chi connectivity index (χ2v) is 24.2. The molecule has 1 aromatic heterocycles. The third-order valence-corrected chi connectivity index (χ3v) is 24.2. The average molecular weight is 615 g/mol. The number of nitrogens with zero attached hydrogens (tertiary/aromatic N) is 2. The molecule has 0 aliphatic heterocycles. The first-order chi connectivity index (χ1) is 17.4. The molecule has 6 heteroatoms. The molecule has 4 nitrogen and oxygen atoms in total. The van der Waals surface area contributed by atoms with E-state index in [0.717, 1.165) is 21.3 Å². The van der Waals surface area contributed by atoms with Gasteiger partial charge in [0.25, 0.3) is 0 Å². The van der Waals surface area contributed by atoms with Crippen molar-refractivity contribution in [1.82, 2.24) is 10.2 Å². The van der Waals surface area contributed by atoms with Crippen LogP contribution in [0.2, 0.25) is 13.3 Å². The Morgan fingerprint density at radius 2 is 1.28 bits per heavy atom. The Hall–Kier alpha value is -1.60. The third-order valence-electron chi connectivity index (χ3n) is 7.52. The zero-order valence-corrected chi connectivity index (χ0v) is 27.0. The first-order valence-electron chi connectivity index (χ1n) is 13.6. The van der Waals surface area contributed by atoms with Crippen molar-refractivity contribution >= 4 is 33.3 Å². The van der Waals surface area contributed by atoms with Crippen LogP contribution in [0.25, 0.3) is 21.1 Å². The Morgan fingerprint density at radius 3 is 1.83 bits per heavy atom. The van der Waals surface area contributed by atoms with Crippen molar-refractivity contribution in [2.45, 2.75) is 86.5 Å². The number of aryl methyl sites for hydroxylation is 2. The predicted octanol–water partition coefficient (Wildman–Crippen LogP) is 8.56. The molecule has 0 radical (unpaired) electrons. The molecule has 36 heavy (non-hydrogen) atoms. The van der Waals surface area contributed by atoms with Gasteiger partial charge in [0.05, 0.1) is 0 Å². The van der Waals surface area contributed by atoms with E-state index < -0.39 is 18.4 Å². The van der Waals surface area contributed by atoms with E-state index in [4.69, 9.17) is 14.6 Å². The van der Waals surface area contributed by atoms with Crippen LogP contribution in [-0.2, 0) is 0 Å². The van der Waals surface area contributed by atoms with Gasteiger partial charge < -0.3 is 0 Å². The van der Waals surface area contributed by atoms with Gasteiger partial charge in [-0.2, -0.15) is 0 Å². The summed E-state index contributed by atoms with van der Waals surface area (Å²) in [4.78, 5) is 0. The van der Waals surface area contributed by atoms with Crippen molar-refractivity contribution in [3.05, 3.63) is 41.5 Å². The van der Waals surface area contributed by atoms with Gasteiger partial charge in [0.2, 0.25) is 0 Å². The summed E-state index contributed by atoms with van der Waals surface area (Å²) in [6.07, 6.45) is 7.88. The number of rotatable bonds is 14. The van der Waals surface area contributed by atoms with E-state index in [0.29, 0.717) is 5.75 Å². The van der Waals surface area contributed by atoms with Crippen LogP contribution < -0.4 is 13.1 Å². The van der Waals surface area contributed by atoms with Crippen molar-refractivity contribution in [3.63, 3.8) is 0 Å². The molecule has 0 unspecified atom stereocenters. The van der Waals surface area contributed by atoms with E-state index in [9.17, 15) is 0 Å². The third kappa shape index (κ3) is 6.63. The van der Waals surface area contributed by atoms with Crippen molar-refractivity contribution in [2.75, 3.05) is 14.2 Å². The molecular formula is C30H44N2O2SSn. The van der Waals surface area contributed by atoms with Crippen molar-refractivity contribution in [2.24, 2.45) is 0 Å². The summed E-state index contributed by atoms with van der Waals surface area (Å²) < 4.78 is 17.0. The molecule has 0 saturated heterocycles. The summed E-state index contributed by atoms with van der Waals surface area (Å²) in [5.74, 6) is 1.44. The van der Waals surface area contributed by atoms with E-state index in [1.807, 2.05) is 18.2 Å². The number of ether oxygens (including phenoxy) is 2. The molecule has 3 rings (SSSR count). The van der Waals surface area contributed by atoms with Crippen molar-refractivity contribution in [3.8, 4) is 32.6 Å². The number of benzene rings is 2. The van der Waals surface area contributed by atoms with Gasteiger partial charge in [-0.1, -0.05) is 0 Å². The summed E-state index contributed by atoms with van der Waals surface area (Å²) in [6.45, 7) is 11.6. The number of hydrogen-bond donors (Lipinski definition) is 0. The standard InChI is InChI=1S/C18H17N2O2S.3C4H9.Sn/c1-11-5-6-13(9-12(11)2)17-19-20-18(23-17)14-7-8-15(21-3)16(10-14)22-4;3*1-3-4-2;/h5,7-10H,1-4H3;3*1,3-4H2,2H3;. The maximum absolute atomic E-state index is 5.53. The van der Waals surface area contributed by atoms with Gasteiger partial charge in [0.15, 0.2) is 0 Å². The van der Waals surface area contributed by atoms with Gasteiger partial charge in [0.1, 0.15) is 0 Å². The van der Waals surface area contributed by atoms with E-state index in [1.165, 1.54) is 68.5 Å². The molecule has 196 valence electrons. The van der Waals surface area contributed by atoms with Crippen LogP contribution in [0.5, 0.6) is 11.5 Å². The zero-order valence-electron chi connectivity index (χ0n) is 23.4. The number of aromatic nitrogens is 2. The first-order valence-corrected chi connectivity index (χ1v) is 21.9. The van der Waals surface area contributed by atoms with Crippen LogP contribution >= 0.6 is 11.3 Å². The molecule has 3 aromatic rings. The van der Waals surface area contributed by atoms with Crippen LogP contribution in [-0.4, -0.2) is 42.8 Å². The quantitative estimate of drug-likeness (QED) is 0.171. The fourth-order valence-corrected chi connectivity index (χ4v) is 23.2. The Morgan fingerprint density at radius 1 is 0.722 bits per heavy atom.